The van der Waals surface area contributed by atoms with Crippen molar-refractivity contribution in [3.63, 3.8) is 0 Å². The molecule has 0 atom stereocenters. The molecule has 0 aliphatic rings. The Labute approximate surface area is 134 Å². The molecule has 0 amide bonds. The molecule has 23 heavy (non-hydrogen) atoms. The van der Waals surface area contributed by atoms with Crippen LogP contribution in [0, 0.1) is 11.3 Å². The van der Waals surface area contributed by atoms with Gasteiger partial charge >= 0.3 is 12.1 Å². The summed E-state index contributed by atoms with van der Waals surface area (Å²) in [4.78, 5) is 11.2. The van der Waals surface area contributed by atoms with Crippen LogP contribution in [0.4, 0.5) is 13.2 Å². The highest BCUT2D eigenvalue weighted by Crippen LogP contribution is 2.40. The van der Waals surface area contributed by atoms with E-state index in [2.05, 4.69) is 0 Å². The first kappa shape index (κ1) is 16.9. The first-order chi connectivity index (χ1) is 10.8. The number of alkyl halides is 3. The number of carboxylic acid groups (broad SMARTS) is 1. The predicted octanol–water partition coefficient (Wildman–Crippen LogP) is 4.36. The minimum atomic E-state index is -4.58. The molecular formula is C16H10F3NO2S. The second kappa shape index (κ2) is 6.75. The Bertz CT molecular complexity index is 764. The van der Waals surface area contributed by atoms with Crippen LogP contribution >= 0.6 is 11.8 Å². The Balaban J connectivity index is 2.36. The van der Waals surface area contributed by atoms with Gasteiger partial charge in [-0.3, -0.25) is 4.79 Å². The molecule has 2 rings (SSSR count). The Kier molecular flexibility index (Phi) is 4.96. The molecule has 0 saturated carbocycles. The van der Waals surface area contributed by atoms with Crippen molar-refractivity contribution in [2.24, 2.45) is 0 Å². The van der Waals surface area contributed by atoms with Gasteiger partial charge in [0.15, 0.2) is 0 Å². The molecule has 0 aromatic heterocycles. The van der Waals surface area contributed by atoms with Gasteiger partial charge in [0.25, 0.3) is 0 Å². The Morgan fingerprint density at radius 1 is 1.17 bits per heavy atom. The largest absolute Gasteiger partial charge is 0.481 e. The second-order valence-electron chi connectivity index (χ2n) is 4.64. The van der Waals surface area contributed by atoms with Gasteiger partial charge < -0.3 is 5.11 Å². The highest BCUT2D eigenvalue weighted by Gasteiger charge is 2.34. The molecule has 0 saturated heterocycles. The maximum absolute atomic E-state index is 13.2. The van der Waals surface area contributed by atoms with Crippen LogP contribution in [-0.2, 0) is 17.4 Å². The van der Waals surface area contributed by atoms with E-state index in [9.17, 15) is 18.0 Å². The average molecular weight is 337 g/mol. The van der Waals surface area contributed by atoms with E-state index < -0.39 is 24.1 Å². The molecule has 118 valence electrons. The van der Waals surface area contributed by atoms with E-state index in [4.69, 9.17) is 10.4 Å². The summed E-state index contributed by atoms with van der Waals surface area (Å²) in [5.74, 6) is -1.19. The van der Waals surface area contributed by atoms with Gasteiger partial charge in [0.05, 0.1) is 23.6 Å². The minimum absolute atomic E-state index is 0.0173. The van der Waals surface area contributed by atoms with Crippen molar-refractivity contribution in [1.29, 1.82) is 5.26 Å². The minimum Gasteiger partial charge on any atom is -0.481 e. The van der Waals surface area contributed by atoms with Crippen LogP contribution in [0.25, 0.3) is 0 Å². The summed E-state index contributed by atoms with van der Waals surface area (Å²) in [6.45, 7) is 0. The van der Waals surface area contributed by atoms with Crippen LogP contribution in [0.1, 0.15) is 16.7 Å². The summed E-state index contributed by atoms with van der Waals surface area (Å²) < 4.78 is 39.6. The predicted molar refractivity (Wildman–Crippen MR) is 78.1 cm³/mol. The maximum Gasteiger partial charge on any atom is 0.417 e. The molecule has 3 nitrogen and oxygen atoms in total. The molecule has 0 heterocycles. The van der Waals surface area contributed by atoms with Crippen molar-refractivity contribution in [2.45, 2.75) is 22.4 Å². The zero-order valence-electron chi connectivity index (χ0n) is 11.6. The topological polar surface area (TPSA) is 61.1 Å². The third-order valence-electron chi connectivity index (χ3n) is 2.92. The lowest BCUT2D eigenvalue weighted by Gasteiger charge is -2.14. The molecule has 7 heteroatoms. The zero-order valence-corrected chi connectivity index (χ0v) is 12.4. The van der Waals surface area contributed by atoms with Crippen LogP contribution < -0.4 is 0 Å². The Morgan fingerprint density at radius 3 is 2.35 bits per heavy atom. The number of hydrogen-bond acceptors (Lipinski definition) is 3. The van der Waals surface area contributed by atoms with Crippen molar-refractivity contribution in [2.75, 3.05) is 0 Å². The lowest BCUT2D eigenvalue weighted by atomic mass is 10.1. The molecule has 0 spiro atoms. The number of carbonyl (C=O) groups is 1. The highest BCUT2D eigenvalue weighted by atomic mass is 32.2. The molecule has 0 aliphatic carbocycles. The zero-order chi connectivity index (χ0) is 17.0. The molecule has 0 unspecified atom stereocenters. The monoisotopic (exact) mass is 337 g/mol. The fourth-order valence-corrected chi connectivity index (χ4v) is 2.84. The lowest BCUT2D eigenvalue weighted by molar-refractivity contribution is -0.140. The molecular weight excluding hydrogens is 327 g/mol. The summed E-state index contributed by atoms with van der Waals surface area (Å²) in [5.41, 5.74) is -0.359. The summed E-state index contributed by atoms with van der Waals surface area (Å²) in [7, 11) is 0. The van der Waals surface area contributed by atoms with Gasteiger partial charge in [-0.15, -0.1) is 0 Å². The first-order valence-corrected chi connectivity index (χ1v) is 7.21. The van der Waals surface area contributed by atoms with Gasteiger partial charge in [-0.2, -0.15) is 18.4 Å². The first-order valence-electron chi connectivity index (χ1n) is 6.39. The van der Waals surface area contributed by atoms with Crippen molar-refractivity contribution in [3.8, 4) is 6.07 Å². The normalized spacial score (nSPS) is 11.0. The van der Waals surface area contributed by atoms with Crippen LogP contribution in [0.5, 0.6) is 0 Å². The second-order valence-corrected chi connectivity index (χ2v) is 5.75. The van der Waals surface area contributed by atoms with Crippen molar-refractivity contribution in [1.82, 2.24) is 0 Å². The third kappa shape index (κ3) is 4.50. The van der Waals surface area contributed by atoms with E-state index in [1.807, 2.05) is 6.07 Å². The number of halogens is 3. The quantitative estimate of drug-likeness (QED) is 0.901. The molecule has 0 aliphatic heterocycles. The number of nitriles is 1. The van der Waals surface area contributed by atoms with Crippen molar-refractivity contribution < 1.29 is 23.1 Å². The number of aliphatic carboxylic acids is 1. The number of carboxylic acids is 1. The van der Waals surface area contributed by atoms with Crippen LogP contribution in [-0.4, -0.2) is 11.1 Å². The smallest absolute Gasteiger partial charge is 0.417 e. The van der Waals surface area contributed by atoms with Gasteiger partial charge in [-0.1, -0.05) is 17.8 Å². The summed E-state index contributed by atoms with van der Waals surface area (Å²) in [6.07, 6.45) is -5.05. The maximum atomic E-state index is 13.2. The van der Waals surface area contributed by atoms with Gasteiger partial charge in [-0.25, -0.2) is 0 Å². The van der Waals surface area contributed by atoms with Crippen molar-refractivity contribution >= 4 is 17.7 Å². The van der Waals surface area contributed by atoms with Gasteiger partial charge in [0.1, 0.15) is 0 Å². The van der Waals surface area contributed by atoms with E-state index in [0.717, 1.165) is 17.8 Å². The molecule has 1 N–H and O–H groups in total. The van der Waals surface area contributed by atoms with E-state index in [-0.39, 0.29) is 10.5 Å². The molecule has 2 aromatic carbocycles. The molecule has 0 bridgehead atoms. The number of rotatable bonds is 4. The fourth-order valence-electron chi connectivity index (χ4n) is 1.90. The van der Waals surface area contributed by atoms with Gasteiger partial charge in [0.2, 0.25) is 0 Å². The van der Waals surface area contributed by atoms with Crippen LogP contribution in [0.15, 0.2) is 52.3 Å². The number of benzene rings is 2. The summed E-state index contributed by atoms with van der Waals surface area (Å²) in [5, 5.41) is 17.4. The summed E-state index contributed by atoms with van der Waals surface area (Å²) in [6, 6.07) is 11.6. The number of nitrogens with zero attached hydrogens (tertiary/aromatic N) is 1. The molecule has 0 radical (unpaired) electrons. The average Bonchev–Trinajstić information content (AvgIpc) is 2.48. The lowest BCUT2D eigenvalue weighted by Crippen LogP contribution is -2.09. The number of hydrogen-bond donors (Lipinski definition) is 1. The van der Waals surface area contributed by atoms with E-state index in [1.54, 1.807) is 12.1 Å². The van der Waals surface area contributed by atoms with Crippen LogP contribution in [0.2, 0.25) is 0 Å². The van der Waals surface area contributed by atoms with E-state index in [0.29, 0.717) is 10.5 Å². The Hall–Kier alpha value is -2.46. The Morgan fingerprint density at radius 2 is 1.83 bits per heavy atom. The van der Waals surface area contributed by atoms with E-state index >= 15 is 0 Å². The molecule has 2 aromatic rings. The SMILES string of the molecule is N#Cc1ccc(Sc2ccc(CC(=O)O)cc2C(F)(F)F)cc1. The van der Waals surface area contributed by atoms with Crippen LogP contribution in [0.3, 0.4) is 0 Å². The summed E-state index contributed by atoms with van der Waals surface area (Å²) >= 11 is 0.911. The van der Waals surface area contributed by atoms with E-state index in [1.165, 1.54) is 24.3 Å². The van der Waals surface area contributed by atoms with Gasteiger partial charge in [0, 0.05) is 9.79 Å². The molecule has 0 fully saturated rings. The van der Waals surface area contributed by atoms with Crippen molar-refractivity contribution in [3.05, 3.63) is 59.2 Å². The highest BCUT2D eigenvalue weighted by molar-refractivity contribution is 7.99. The van der Waals surface area contributed by atoms with Gasteiger partial charge in [-0.05, 0) is 42.0 Å². The third-order valence-corrected chi connectivity index (χ3v) is 4.00. The standard InChI is InChI=1S/C16H10F3NO2S/c17-16(18,19)13-7-11(8-15(21)22)3-6-14(13)23-12-4-1-10(9-20)2-5-12/h1-7H,8H2,(H,21,22). The fraction of sp³-hybridized carbons (Fsp3) is 0.125.